The molecule has 0 aromatic carbocycles. The summed E-state index contributed by atoms with van der Waals surface area (Å²) in [6.07, 6.45) is 1.32. The zero-order valence-electron chi connectivity index (χ0n) is 11.5. The molecule has 0 saturated carbocycles. The fraction of sp³-hybridized carbons (Fsp3) is 0.667. The monoisotopic (exact) mass is 302 g/mol. The number of ether oxygens (including phenoxy) is 1. The molecule has 0 spiro atoms. The third-order valence-electron chi connectivity index (χ3n) is 3.46. The van der Waals surface area contributed by atoms with E-state index in [1.165, 1.54) is 24.7 Å². The molecule has 0 radical (unpaired) electrons. The quantitative estimate of drug-likeness (QED) is 0.725. The highest BCUT2D eigenvalue weighted by atomic mass is 32.2. The van der Waals surface area contributed by atoms with Gasteiger partial charge in [-0.15, -0.1) is 0 Å². The minimum absolute atomic E-state index is 0.0730. The molecule has 20 heavy (non-hydrogen) atoms. The van der Waals surface area contributed by atoms with E-state index >= 15 is 0 Å². The van der Waals surface area contributed by atoms with Crippen molar-refractivity contribution in [3.63, 3.8) is 0 Å². The topological polar surface area (TPSA) is 87.4 Å². The predicted octanol–water partition coefficient (Wildman–Crippen LogP) is -0.822. The fourth-order valence-corrected chi connectivity index (χ4v) is 3.93. The van der Waals surface area contributed by atoms with Gasteiger partial charge in [0.1, 0.15) is 0 Å². The average Bonchev–Trinajstić information content (AvgIpc) is 2.85. The van der Waals surface area contributed by atoms with Crippen LogP contribution in [0.25, 0.3) is 0 Å². The second-order valence-electron chi connectivity index (χ2n) is 5.06. The van der Waals surface area contributed by atoms with Crippen LogP contribution in [0.1, 0.15) is 18.5 Å². The Balaban J connectivity index is 2.25. The lowest BCUT2D eigenvalue weighted by atomic mass is 10.3. The van der Waals surface area contributed by atoms with Crippen molar-refractivity contribution >= 4 is 9.84 Å². The molecule has 1 unspecified atom stereocenters. The van der Waals surface area contributed by atoms with Gasteiger partial charge in [0.2, 0.25) is 0 Å². The van der Waals surface area contributed by atoms with Crippen molar-refractivity contribution in [2.24, 2.45) is 14.1 Å². The number of rotatable bonds is 4. The van der Waals surface area contributed by atoms with Crippen molar-refractivity contribution in [2.75, 3.05) is 12.4 Å². The Morgan fingerprint density at radius 2 is 2.00 bits per heavy atom. The Labute approximate surface area is 116 Å². The van der Waals surface area contributed by atoms with Crippen LogP contribution < -0.4 is 11.2 Å². The van der Waals surface area contributed by atoms with Gasteiger partial charge < -0.3 is 4.74 Å². The van der Waals surface area contributed by atoms with E-state index < -0.39 is 21.1 Å². The van der Waals surface area contributed by atoms with Gasteiger partial charge in [0, 0.05) is 32.5 Å². The van der Waals surface area contributed by atoms with Crippen LogP contribution in [0.4, 0.5) is 0 Å². The van der Waals surface area contributed by atoms with E-state index in [-0.39, 0.29) is 23.3 Å². The maximum Gasteiger partial charge on any atom is 0.330 e. The van der Waals surface area contributed by atoms with Crippen LogP contribution in [0, 0.1) is 0 Å². The van der Waals surface area contributed by atoms with Crippen molar-refractivity contribution in [3.8, 4) is 0 Å². The van der Waals surface area contributed by atoms with Crippen LogP contribution in [-0.4, -0.2) is 36.0 Å². The van der Waals surface area contributed by atoms with Crippen molar-refractivity contribution in [3.05, 3.63) is 32.6 Å². The van der Waals surface area contributed by atoms with Crippen molar-refractivity contribution < 1.29 is 13.2 Å². The van der Waals surface area contributed by atoms with Crippen LogP contribution in [-0.2, 0) is 34.4 Å². The molecule has 112 valence electrons. The summed E-state index contributed by atoms with van der Waals surface area (Å²) < 4.78 is 31.7. The highest BCUT2D eigenvalue weighted by Crippen LogP contribution is 2.15. The van der Waals surface area contributed by atoms with E-state index in [4.69, 9.17) is 4.74 Å². The second-order valence-corrected chi connectivity index (χ2v) is 7.17. The van der Waals surface area contributed by atoms with E-state index in [1.807, 2.05) is 0 Å². The first-order valence-corrected chi connectivity index (χ1v) is 8.20. The smallest absolute Gasteiger partial charge is 0.330 e. The summed E-state index contributed by atoms with van der Waals surface area (Å²) in [7, 11) is -0.606. The minimum Gasteiger partial charge on any atom is -0.377 e. The Morgan fingerprint density at radius 1 is 1.30 bits per heavy atom. The van der Waals surface area contributed by atoms with Gasteiger partial charge >= 0.3 is 5.69 Å². The van der Waals surface area contributed by atoms with Crippen molar-refractivity contribution in [2.45, 2.75) is 24.7 Å². The van der Waals surface area contributed by atoms with E-state index in [0.29, 0.717) is 6.61 Å². The molecule has 0 aliphatic carbocycles. The molecule has 1 saturated heterocycles. The lowest BCUT2D eigenvalue weighted by molar-refractivity contribution is 0.127. The highest BCUT2D eigenvalue weighted by molar-refractivity contribution is 7.90. The van der Waals surface area contributed by atoms with Crippen molar-refractivity contribution in [1.29, 1.82) is 0 Å². The minimum atomic E-state index is -3.42. The molecule has 1 aromatic heterocycles. The molecule has 2 rings (SSSR count). The van der Waals surface area contributed by atoms with E-state index in [2.05, 4.69) is 0 Å². The molecule has 0 bridgehead atoms. The summed E-state index contributed by atoms with van der Waals surface area (Å²) in [6, 6.07) is 1.19. The van der Waals surface area contributed by atoms with E-state index in [9.17, 15) is 18.0 Å². The Morgan fingerprint density at radius 3 is 2.60 bits per heavy atom. The van der Waals surface area contributed by atoms with E-state index in [1.54, 1.807) is 0 Å². The van der Waals surface area contributed by atoms with Gasteiger partial charge in [0.15, 0.2) is 9.84 Å². The predicted molar refractivity (Wildman–Crippen MR) is 73.4 cm³/mol. The van der Waals surface area contributed by atoms with Crippen LogP contribution in [0.2, 0.25) is 0 Å². The van der Waals surface area contributed by atoms with Gasteiger partial charge in [-0.05, 0) is 12.8 Å². The molecule has 1 aliphatic heterocycles. The molecule has 2 heterocycles. The Hall–Kier alpha value is -1.41. The van der Waals surface area contributed by atoms with Crippen LogP contribution >= 0.6 is 0 Å². The molecule has 1 fully saturated rings. The molecular formula is C12H18N2O5S. The normalized spacial score (nSPS) is 19.4. The van der Waals surface area contributed by atoms with Gasteiger partial charge in [0.25, 0.3) is 5.56 Å². The largest absolute Gasteiger partial charge is 0.377 e. The van der Waals surface area contributed by atoms with Gasteiger partial charge in [-0.2, -0.15) is 0 Å². The molecule has 1 atom stereocenters. The summed E-state index contributed by atoms with van der Waals surface area (Å²) in [5.74, 6) is -0.398. The third-order valence-corrected chi connectivity index (χ3v) is 5.07. The SMILES string of the molecule is Cn1c(CS(=O)(=O)CC2CCCO2)cc(=O)n(C)c1=O. The van der Waals surface area contributed by atoms with Crippen LogP contribution in [0.3, 0.4) is 0 Å². The van der Waals surface area contributed by atoms with Crippen LogP contribution in [0.15, 0.2) is 15.7 Å². The lowest BCUT2D eigenvalue weighted by Gasteiger charge is -2.12. The maximum atomic E-state index is 12.1. The number of hydrogen-bond acceptors (Lipinski definition) is 5. The first-order valence-electron chi connectivity index (χ1n) is 6.38. The average molecular weight is 302 g/mol. The summed E-state index contributed by atoms with van der Waals surface area (Å²) in [5, 5.41) is 0. The molecule has 0 amide bonds. The first kappa shape index (κ1) is 15.0. The summed E-state index contributed by atoms with van der Waals surface area (Å²) in [4.78, 5) is 23.3. The van der Waals surface area contributed by atoms with Crippen molar-refractivity contribution in [1.82, 2.24) is 9.13 Å². The summed E-state index contributed by atoms with van der Waals surface area (Å²) >= 11 is 0. The van der Waals surface area contributed by atoms with Gasteiger partial charge in [-0.1, -0.05) is 0 Å². The standard InChI is InChI=1S/C12H18N2O5S/c1-13-9(6-11(15)14(2)12(13)16)7-20(17,18)8-10-4-3-5-19-10/h6,10H,3-5,7-8H2,1-2H3. The third kappa shape index (κ3) is 3.18. The molecule has 0 N–H and O–H groups in total. The zero-order valence-corrected chi connectivity index (χ0v) is 12.4. The second kappa shape index (κ2) is 5.53. The summed E-state index contributed by atoms with van der Waals surface area (Å²) in [6.45, 7) is 0.588. The lowest BCUT2D eigenvalue weighted by Crippen LogP contribution is -2.38. The summed E-state index contributed by atoms with van der Waals surface area (Å²) in [5.41, 5.74) is -0.827. The molecular weight excluding hydrogens is 284 g/mol. The number of nitrogens with zero attached hydrogens (tertiary/aromatic N) is 2. The molecule has 7 nitrogen and oxygen atoms in total. The maximum absolute atomic E-state index is 12.1. The zero-order chi connectivity index (χ0) is 14.9. The number of aromatic nitrogens is 2. The van der Waals surface area contributed by atoms with Crippen LogP contribution in [0.5, 0.6) is 0 Å². The first-order chi connectivity index (χ1) is 9.30. The molecule has 1 aromatic rings. The molecule has 1 aliphatic rings. The van der Waals surface area contributed by atoms with Gasteiger partial charge in [0.05, 0.1) is 17.6 Å². The van der Waals surface area contributed by atoms with E-state index in [0.717, 1.165) is 17.4 Å². The Bertz CT molecular complexity index is 710. The fourth-order valence-electron chi connectivity index (χ4n) is 2.26. The highest BCUT2D eigenvalue weighted by Gasteiger charge is 2.24. The molecule has 8 heteroatoms. The number of hydrogen-bond donors (Lipinski definition) is 0. The Kier molecular flexibility index (Phi) is 4.14. The number of sulfone groups is 1. The van der Waals surface area contributed by atoms with Gasteiger partial charge in [-0.25, -0.2) is 13.2 Å². The van der Waals surface area contributed by atoms with Gasteiger partial charge in [-0.3, -0.25) is 13.9 Å².